The summed E-state index contributed by atoms with van der Waals surface area (Å²) in [6, 6.07) is 16.3. The lowest BCUT2D eigenvalue weighted by molar-refractivity contribution is -0.129. The van der Waals surface area contributed by atoms with Crippen molar-refractivity contribution in [3.05, 3.63) is 75.0 Å². The molecule has 2 heterocycles. The first-order valence-corrected chi connectivity index (χ1v) is 10.2. The third kappa shape index (κ3) is 3.47. The first-order chi connectivity index (χ1) is 13.1. The van der Waals surface area contributed by atoms with Gasteiger partial charge in [-0.05, 0) is 42.0 Å². The number of amides is 1. The summed E-state index contributed by atoms with van der Waals surface area (Å²) in [6.07, 6.45) is 0.265. The largest absolute Gasteiger partial charge is 0.344 e. The number of benzene rings is 2. The Balaban J connectivity index is 1.66. The lowest BCUT2D eigenvalue weighted by atomic mass is 9.86. The average molecular weight is 444 g/mol. The Labute approximate surface area is 169 Å². The van der Waals surface area contributed by atoms with Gasteiger partial charge in [0.05, 0.1) is 29.2 Å². The Morgan fingerprint density at radius 3 is 2.70 bits per heavy atom. The fourth-order valence-corrected chi connectivity index (χ4v) is 4.97. The van der Waals surface area contributed by atoms with E-state index in [-0.39, 0.29) is 24.1 Å². The van der Waals surface area contributed by atoms with E-state index in [0.29, 0.717) is 18.1 Å². The molecule has 27 heavy (non-hydrogen) atoms. The number of halogens is 2. The zero-order valence-electron chi connectivity index (χ0n) is 14.2. The molecule has 2 aromatic carbocycles. The summed E-state index contributed by atoms with van der Waals surface area (Å²) >= 11 is 4.94. The quantitative estimate of drug-likeness (QED) is 0.667. The van der Waals surface area contributed by atoms with Crippen molar-refractivity contribution in [1.82, 2.24) is 4.90 Å². The van der Waals surface area contributed by atoms with Crippen molar-refractivity contribution in [2.24, 2.45) is 0 Å². The Hall–Kier alpha value is -2.30. The van der Waals surface area contributed by atoms with Crippen molar-refractivity contribution >= 4 is 39.3 Å². The highest BCUT2D eigenvalue weighted by Gasteiger charge is 2.38. The molecule has 2 aliphatic heterocycles. The minimum absolute atomic E-state index is 0.00622. The maximum Gasteiger partial charge on any atom is 0.229 e. The third-order valence-electron chi connectivity index (χ3n) is 4.74. The molecule has 2 aliphatic rings. The molecule has 7 heteroatoms. The maximum atomic E-state index is 13.2. The third-order valence-corrected chi connectivity index (χ3v) is 6.38. The van der Waals surface area contributed by atoms with Gasteiger partial charge < -0.3 is 4.90 Å². The van der Waals surface area contributed by atoms with Crippen LogP contribution in [0, 0.1) is 17.1 Å². The standard InChI is InChI=1S/C20H15BrFN3OS/c21-14-3-1-2-13(8-14)17-9-19(26)25-11-24(12-27-20(25)18(17)10-23)16-6-4-15(22)5-7-16/h1-8,17H,9,11-12H2/t17-/m0/s1. The molecular formula is C20H15BrFN3OS. The molecule has 4 rings (SSSR count). The van der Waals surface area contributed by atoms with E-state index in [1.54, 1.807) is 17.0 Å². The topological polar surface area (TPSA) is 47.3 Å². The van der Waals surface area contributed by atoms with E-state index in [1.807, 2.05) is 29.2 Å². The molecule has 0 unspecified atom stereocenters. The van der Waals surface area contributed by atoms with Crippen LogP contribution in [0.25, 0.3) is 0 Å². The molecule has 4 nitrogen and oxygen atoms in total. The van der Waals surface area contributed by atoms with Crippen LogP contribution < -0.4 is 4.90 Å². The van der Waals surface area contributed by atoms with Crippen molar-refractivity contribution in [3.63, 3.8) is 0 Å². The van der Waals surface area contributed by atoms with Gasteiger partial charge in [0, 0.05) is 22.5 Å². The van der Waals surface area contributed by atoms with Gasteiger partial charge in [-0.3, -0.25) is 9.69 Å². The molecule has 1 amide bonds. The molecule has 136 valence electrons. The Bertz CT molecular complexity index is 970. The monoisotopic (exact) mass is 443 g/mol. The molecule has 0 bridgehead atoms. The van der Waals surface area contributed by atoms with Crippen molar-refractivity contribution in [1.29, 1.82) is 5.26 Å². The Kier molecular flexibility index (Phi) is 4.94. The molecule has 0 N–H and O–H groups in total. The number of carbonyl (C=O) groups is 1. The van der Waals surface area contributed by atoms with Crippen LogP contribution in [0.5, 0.6) is 0 Å². The van der Waals surface area contributed by atoms with Crippen molar-refractivity contribution < 1.29 is 9.18 Å². The van der Waals surface area contributed by atoms with Gasteiger partial charge in [0.1, 0.15) is 5.82 Å². The number of hydrogen-bond donors (Lipinski definition) is 0. The van der Waals surface area contributed by atoms with Crippen LogP contribution >= 0.6 is 27.7 Å². The van der Waals surface area contributed by atoms with E-state index in [2.05, 4.69) is 22.0 Å². The van der Waals surface area contributed by atoms with Crippen LogP contribution in [0.1, 0.15) is 17.9 Å². The smallest absolute Gasteiger partial charge is 0.229 e. The van der Waals surface area contributed by atoms with Gasteiger partial charge in [0.25, 0.3) is 0 Å². The number of nitrogens with zero attached hydrogens (tertiary/aromatic N) is 3. The van der Waals surface area contributed by atoms with Gasteiger partial charge in [-0.25, -0.2) is 4.39 Å². The van der Waals surface area contributed by atoms with Gasteiger partial charge in [-0.1, -0.05) is 39.8 Å². The number of fused-ring (bicyclic) bond motifs is 1. The number of anilines is 1. The van der Waals surface area contributed by atoms with E-state index in [9.17, 15) is 14.4 Å². The molecular weight excluding hydrogens is 429 g/mol. The first kappa shape index (κ1) is 18.1. The molecule has 1 saturated heterocycles. The molecule has 2 aromatic rings. The molecule has 0 spiro atoms. The van der Waals surface area contributed by atoms with Gasteiger partial charge in [0.15, 0.2) is 0 Å². The fraction of sp³-hybridized carbons (Fsp3) is 0.200. The lowest BCUT2D eigenvalue weighted by Gasteiger charge is -2.42. The number of nitriles is 1. The second-order valence-corrected chi connectivity index (χ2v) is 8.24. The highest BCUT2D eigenvalue weighted by molar-refractivity contribution is 9.10. The lowest BCUT2D eigenvalue weighted by Crippen LogP contribution is -2.47. The Morgan fingerprint density at radius 2 is 2.00 bits per heavy atom. The van der Waals surface area contributed by atoms with E-state index < -0.39 is 0 Å². The summed E-state index contributed by atoms with van der Waals surface area (Å²) in [5.41, 5.74) is 2.45. The molecule has 0 radical (unpaired) electrons. The fourth-order valence-electron chi connectivity index (χ4n) is 3.39. The van der Waals surface area contributed by atoms with Crippen LogP contribution in [0.15, 0.2) is 63.6 Å². The number of hydrogen-bond acceptors (Lipinski definition) is 4. The van der Waals surface area contributed by atoms with E-state index in [4.69, 9.17) is 0 Å². The van der Waals surface area contributed by atoms with Gasteiger partial charge in [-0.15, -0.1) is 0 Å². The highest BCUT2D eigenvalue weighted by atomic mass is 79.9. The summed E-state index contributed by atoms with van der Waals surface area (Å²) < 4.78 is 14.1. The first-order valence-electron chi connectivity index (χ1n) is 8.40. The number of allylic oxidation sites excluding steroid dienone is 1. The normalized spacial score (nSPS) is 19.7. The van der Waals surface area contributed by atoms with E-state index >= 15 is 0 Å². The summed E-state index contributed by atoms with van der Waals surface area (Å²) in [7, 11) is 0. The van der Waals surface area contributed by atoms with Crippen LogP contribution in [0.3, 0.4) is 0 Å². The summed E-state index contributed by atoms with van der Waals surface area (Å²) in [4.78, 5) is 16.5. The highest BCUT2D eigenvalue weighted by Crippen LogP contribution is 2.43. The van der Waals surface area contributed by atoms with Crippen molar-refractivity contribution in [2.75, 3.05) is 17.4 Å². The predicted molar refractivity (Wildman–Crippen MR) is 107 cm³/mol. The Morgan fingerprint density at radius 1 is 1.22 bits per heavy atom. The predicted octanol–water partition coefficient (Wildman–Crippen LogP) is 4.81. The SMILES string of the molecule is N#CC1=C2SCN(c3ccc(F)cc3)CN2C(=O)C[C@H]1c1cccc(Br)c1. The second kappa shape index (κ2) is 7.37. The summed E-state index contributed by atoms with van der Waals surface area (Å²) in [5.74, 6) is 0.0762. The van der Waals surface area contributed by atoms with Crippen LogP contribution in [0.4, 0.5) is 10.1 Å². The minimum Gasteiger partial charge on any atom is -0.344 e. The van der Waals surface area contributed by atoms with Crippen molar-refractivity contribution in [3.8, 4) is 6.07 Å². The van der Waals surface area contributed by atoms with Crippen LogP contribution in [0.2, 0.25) is 0 Å². The minimum atomic E-state index is -0.290. The molecule has 0 aromatic heterocycles. The van der Waals surface area contributed by atoms with Crippen LogP contribution in [-0.4, -0.2) is 23.4 Å². The van der Waals surface area contributed by atoms with Gasteiger partial charge >= 0.3 is 0 Å². The molecule has 1 atom stereocenters. The zero-order chi connectivity index (χ0) is 19.0. The number of thioether (sulfide) groups is 1. The second-order valence-electron chi connectivity index (χ2n) is 6.40. The summed E-state index contributed by atoms with van der Waals surface area (Å²) in [5, 5.41) is 10.5. The van der Waals surface area contributed by atoms with Gasteiger partial charge in [-0.2, -0.15) is 5.26 Å². The average Bonchev–Trinajstić information content (AvgIpc) is 2.68. The number of rotatable bonds is 2. The molecule has 0 aliphatic carbocycles. The summed E-state index contributed by atoms with van der Waals surface area (Å²) in [6.45, 7) is 0.364. The number of carbonyl (C=O) groups excluding carboxylic acids is 1. The zero-order valence-corrected chi connectivity index (χ0v) is 16.6. The molecule has 0 saturated carbocycles. The van der Waals surface area contributed by atoms with Crippen LogP contribution in [-0.2, 0) is 4.79 Å². The van der Waals surface area contributed by atoms with E-state index in [1.165, 1.54) is 23.9 Å². The molecule has 1 fully saturated rings. The van der Waals surface area contributed by atoms with Gasteiger partial charge in [0.2, 0.25) is 5.91 Å². The van der Waals surface area contributed by atoms with E-state index in [0.717, 1.165) is 20.8 Å². The van der Waals surface area contributed by atoms with Crippen molar-refractivity contribution in [2.45, 2.75) is 12.3 Å². The maximum absolute atomic E-state index is 13.2.